The van der Waals surface area contributed by atoms with Crippen LogP contribution in [0.5, 0.6) is 0 Å². The van der Waals surface area contributed by atoms with Crippen LogP contribution in [-0.4, -0.2) is 35.5 Å². The van der Waals surface area contributed by atoms with E-state index in [4.69, 9.17) is 4.52 Å². The summed E-state index contributed by atoms with van der Waals surface area (Å²) in [6.07, 6.45) is 0. The predicted molar refractivity (Wildman–Crippen MR) is 109 cm³/mol. The van der Waals surface area contributed by atoms with Crippen molar-refractivity contribution in [3.8, 4) is 0 Å². The van der Waals surface area contributed by atoms with E-state index in [-0.39, 0.29) is 18.4 Å². The first-order valence-electron chi connectivity index (χ1n) is 8.78. The summed E-state index contributed by atoms with van der Waals surface area (Å²) >= 11 is 1.46. The van der Waals surface area contributed by atoms with Gasteiger partial charge in [-0.25, -0.2) is 0 Å². The highest BCUT2D eigenvalue weighted by molar-refractivity contribution is 8.00. The first-order valence-corrected chi connectivity index (χ1v) is 9.65. The minimum Gasteiger partial charge on any atom is -0.360 e. The molecule has 1 aromatic heterocycles. The SMILES string of the molecule is Cc1cc(NC(=O)CN(C)C(=O)C(Sc2ccccc2)c2ccccc2)no1. The Bertz CT molecular complexity index is 928. The maximum absolute atomic E-state index is 13.1. The fraction of sp³-hybridized carbons (Fsp3) is 0.190. The topological polar surface area (TPSA) is 75.4 Å². The van der Waals surface area contributed by atoms with E-state index >= 15 is 0 Å². The molecule has 3 rings (SSSR count). The van der Waals surface area contributed by atoms with Gasteiger partial charge in [-0.1, -0.05) is 53.7 Å². The number of likely N-dealkylation sites (N-methyl/N-ethyl adjacent to an activating group) is 1. The van der Waals surface area contributed by atoms with Crippen LogP contribution in [0.1, 0.15) is 16.6 Å². The molecule has 0 radical (unpaired) electrons. The van der Waals surface area contributed by atoms with Crippen molar-refractivity contribution in [1.82, 2.24) is 10.1 Å². The highest BCUT2D eigenvalue weighted by Gasteiger charge is 2.26. The zero-order valence-electron chi connectivity index (χ0n) is 15.7. The number of carbonyl (C=O) groups is 2. The van der Waals surface area contributed by atoms with Gasteiger partial charge in [0.1, 0.15) is 11.0 Å². The molecule has 3 aromatic rings. The van der Waals surface area contributed by atoms with Crippen molar-refractivity contribution in [2.45, 2.75) is 17.1 Å². The Hall–Kier alpha value is -3.06. The van der Waals surface area contributed by atoms with Crippen LogP contribution in [-0.2, 0) is 9.59 Å². The molecule has 1 unspecified atom stereocenters. The minimum atomic E-state index is -0.448. The van der Waals surface area contributed by atoms with Crippen molar-refractivity contribution in [3.63, 3.8) is 0 Å². The first kappa shape index (κ1) is 19.7. The predicted octanol–water partition coefficient (Wildman–Crippen LogP) is 3.91. The van der Waals surface area contributed by atoms with E-state index in [1.165, 1.54) is 16.7 Å². The lowest BCUT2D eigenvalue weighted by Crippen LogP contribution is -2.37. The van der Waals surface area contributed by atoms with Gasteiger partial charge in [0, 0.05) is 18.0 Å². The molecule has 0 aliphatic heterocycles. The van der Waals surface area contributed by atoms with Gasteiger partial charge in [-0.3, -0.25) is 9.59 Å². The monoisotopic (exact) mass is 395 g/mol. The normalized spacial score (nSPS) is 11.6. The third-order valence-corrected chi connectivity index (χ3v) is 5.23. The quantitative estimate of drug-likeness (QED) is 0.614. The summed E-state index contributed by atoms with van der Waals surface area (Å²) in [5.41, 5.74) is 0.890. The Balaban J connectivity index is 1.71. The van der Waals surface area contributed by atoms with E-state index in [0.29, 0.717) is 11.6 Å². The number of anilines is 1. The number of hydrogen-bond acceptors (Lipinski definition) is 5. The molecule has 0 aliphatic carbocycles. The Morgan fingerprint density at radius 1 is 1.11 bits per heavy atom. The van der Waals surface area contributed by atoms with Gasteiger partial charge in [0.15, 0.2) is 5.82 Å². The Morgan fingerprint density at radius 3 is 2.36 bits per heavy atom. The highest BCUT2D eigenvalue weighted by Crippen LogP contribution is 2.36. The van der Waals surface area contributed by atoms with Crippen molar-refractivity contribution in [2.24, 2.45) is 0 Å². The minimum absolute atomic E-state index is 0.0799. The van der Waals surface area contributed by atoms with E-state index in [1.54, 1.807) is 20.0 Å². The number of benzene rings is 2. The number of thioether (sulfide) groups is 1. The van der Waals surface area contributed by atoms with Gasteiger partial charge in [0.05, 0.1) is 6.54 Å². The van der Waals surface area contributed by atoms with E-state index < -0.39 is 5.25 Å². The van der Waals surface area contributed by atoms with Gasteiger partial charge in [-0.2, -0.15) is 0 Å². The van der Waals surface area contributed by atoms with Crippen LogP contribution in [0.4, 0.5) is 5.82 Å². The van der Waals surface area contributed by atoms with Gasteiger partial charge in [-0.15, -0.1) is 11.8 Å². The summed E-state index contributed by atoms with van der Waals surface area (Å²) in [6, 6.07) is 20.9. The number of aromatic nitrogens is 1. The molecule has 0 saturated heterocycles. The molecule has 2 amide bonds. The van der Waals surface area contributed by atoms with E-state index in [1.807, 2.05) is 60.7 Å². The first-order chi connectivity index (χ1) is 13.5. The number of rotatable bonds is 7. The van der Waals surface area contributed by atoms with Crippen LogP contribution < -0.4 is 5.32 Å². The van der Waals surface area contributed by atoms with Gasteiger partial charge in [0.25, 0.3) is 0 Å². The van der Waals surface area contributed by atoms with Crippen molar-refractivity contribution in [2.75, 3.05) is 18.9 Å². The molecule has 6 nitrogen and oxygen atoms in total. The zero-order valence-corrected chi connectivity index (χ0v) is 16.5. The summed E-state index contributed by atoms with van der Waals surface area (Å²) in [7, 11) is 1.62. The molecule has 0 aliphatic rings. The number of carbonyl (C=O) groups excluding carboxylic acids is 2. The van der Waals surface area contributed by atoms with E-state index in [9.17, 15) is 9.59 Å². The van der Waals surface area contributed by atoms with Crippen LogP contribution in [0.2, 0.25) is 0 Å². The molecular weight excluding hydrogens is 374 g/mol. The van der Waals surface area contributed by atoms with Crippen LogP contribution >= 0.6 is 11.8 Å². The maximum atomic E-state index is 13.1. The van der Waals surface area contributed by atoms with Crippen molar-refractivity contribution < 1.29 is 14.1 Å². The number of amides is 2. The molecular formula is C21H21N3O3S. The second-order valence-corrected chi connectivity index (χ2v) is 7.47. The van der Waals surface area contributed by atoms with Gasteiger partial charge in [-0.05, 0) is 24.6 Å². The fourth-order valence-electron chi connectivity index (χ4n) is 2.63. The van der Waals surface area contributed by atoms with E-state index in [0.717, 1.165) is 10.5 Å². The fourth-order valence-corrected chi connectivity index (χ4v) is 3.79. The summed E-state index contributed by atoms with van der Waals surface area (Å²) in [5.74, 6) is 0.456. The summed E-state index contributed by atoms with van der Waals surface area (Å²) < 4.78 is 4.93. The largest absolute Gasteiger partial charge is 0.360 e. The van der Waals surface area contributed by atoms with Crippen molar-refractivity contribution in [1.29, 1.82) is 0 Å². The molecule has 2 aromatic carbocycles. The van der Waals surface area contributed by atoms with Gasteiger partial charge < -0.3 is 14.7 Å². The molecule has 0 saturated carbocycles. The maximum Gasteiger partial charge on any atom is 0.245 e. The Kier molecular flexibility index (Phi) is 6.49. The molecule has 0 spiro atoms. The molecule has 28 heavy (non-hydrogen) atoms. The number of aryl methyl sites for hydroxylation is 1. The average molecular weight is 395 g/mol. The number of nitrogens with zero attached hydrogens (tertiary/aromatic N) is 2. The lowest BCUT2D eigenvalue weighted by Gasteiger charge is -2.23. The second kappa shape index (κ2) is 9.23. The van der Waals surface area contributed by atoms with Crippen molar-refractivity contribution >= 4 is 29.4 Å². The third kappa shape index (κ3) is 5.23. The lowest BCUT2D eigenvalue weighted by molar-refractivity contribution is -0.132. The third-order valence-electron chi connectivity index (χ3n) is 3.98. The highest BCUT2D eigenvalue weighted by atomic mass is 32.2. The van der Waals surface area contributed by atoms with Crippen molar-refractivity contribution in [3.05, 3.63) is 78.1 Å². The zero-order chi connectivity index (χ0) is 19.9. The smallest absolute Gasteiger partial charge is 0.245 e. The number of hydrogen-bond donors (Lipinski definition) is 1. The Morgan fingerprint density at radius 2 is 1.75 bits per heavy atom. The van der Waals surface area contributed by atoms with Gasteiger partial charge in [0.2, 0.25) is 11.8 Å². The van der Waals surface area contributed by atoms with Gasteiger partial charge >= 0.3 is 0 Å². The van der Waals surface area contributed by atoms with Crippen LogP contribution in [0, 0.1) is 6.92 Å². The lowest BCUT2D eigenvalue weighted by atomic mass is 10.1. The molecule has 1 N–H and O–H groups in total. The molecule has 1 heterocycles. The summed E-state index contributed by atoms with van der Waals surface area (Å²) in [5, 5.41) is 5.92. The molecule has 0 fully saturated rings. The van der Waals surface area contributed by atoms with Crippen LogP contribution in [0.3, 0.4) is 0 Å². The average Bonchev–Trinajstić information content (AvgIpc) is 3.11. The molecule has 0 bridgehead atoms. The molecule has 7 heteroatoms. The van der Waals surface area contributed by atoms with Crippen LogP contribution in [0.15, 0.2) is 76.1 Å². The summed E-state index contributed by atoms with van der Waals surface area (Å²) in [4.78, 5) is 27.8. The van der Waals surface area contributed by atoms with E-state index in [2.05, 4.69) is 10.5 Å². The number of nitrogens with one attached hydrogen (secondary N) is 1. The Labute approximate surface area is 167 Å². The standard InChI is InChI=1S/C21H21N3O3S/c1-15-13-18(23-27-15)22-19(25)14-24(2)21(26)20(16-9-5-3-6-10-16)28-17-11-7-4-8-12-17/h3-13,20H,14H2,1-2H3,(H,22,23,25). The summed E-state index contributed by atoms with van der Waals surface area (Å²) in [6.45, 7) is 1.66. The second-order valence-electron chi connectivity index (χ2n) is 6.29. The molecule has 1 atom stereocenters. The van der Waals surface area contributed by atoms with Crippen LogP contribution in [0.25, 0.3) is 0 Å². The molecule has 144 valence electrons.